The number of hydrogen-bond donors (Lipinski definition) is 1. The van der Waals surface area contributed by atoms with E-state index < -0.39 is 0 Å². The number of Topliss-reactive ketones (excluding diaryl/α,β-unsaturated/α-hetero) is 1. The zero-order valence-corrected chi connectivity index (χ0v) is 7.50. The van der Waals surface area contributed by atoms with Gasteiger partial charge in [0.1, 0.15) is 0 Å². The largest absolute Gasteiger partial charge is 0.516 e. The highest BCUT2D eigenvalue weighted by Crippen LogP contribution is 2.26. The van der Waals surface area contributed by atoms with Crippen molar-refractivity contribution in [1.29, 1.82) is 0 Å². The average molecular weight is 166 g/mol. The molecule has 12 heavy (non-hydrogen) atoms. The van der Waals surface area contributed by atoms with Gasteiger partial charge in [0, 0.05) is 6.42 Å². The number of hydrogen-bond acceptors (Lipinski definition) is 2. The third-order valence-electron chi connectivity index (χ3n) is 2.43. The van der Waals surface area contributed by atoms with E-state index >= 15 is 0 Å². The van der Waals surface area contributed by atoms with Crippen LogP contribution in [0.3, 0.4) is 0 Å². The molecule has 0 aromatic carbocycles. The minimum absolute atomic E-state index is 0.201. The third-order valence-corrected chi connectivity index (χ3v) is 2.43. The Morgan fingerprint density at radius 1 is 1.75 bits per heavy atom. The van der Waals surface area contributed by atoms with Gasteiger partial charge in [-0.3, -0.25) is 4.79 Å². The smallest absolute Gasteiger partial charge is 0.158 e. The fourth-order valence-electron chi connectivity index (χ4n) is 1.35. The Balaban J connectivity index is 2.72. The van der Waals surface area contributed by atoms with Gasteiger partial charge < -0.3 is 5.11 Å². The molecular weight excluding hydrogens is 152 g/mol. The third kappa shape index (κ3) is 1.76. The molecule has 1 atom stereocenters. The number of rotatable bonds is 1. The summed E-state index contributed by atoms with van der Waals surface area (Å²) in [4.78, 5) is 11.2. The van der Waals surface area contributed by atoms with Crippen LogP contribution < -0.4 is 0 Å². The van der Waals surface area contributed by atoms with Crippen molar-refractivity contribution in [3.05, 3.63) is 23.5 Å². The van der Waals surface area contributed by atoms with Gasteiger partial charge in [0.05, 0.1) is 6.26 Å². The van der Waals surface area contributed by atoms with Crippen molar-refractivity contribution in [2.75, 3.05) is 0 Å². The van der Waals surface area contributed by atoms with Crippen molar-refractivity contribution < 1.29 is 9.90 Å². The quantitative estimate of drug-likeness (QED) is 0.607. The molecule has 1 N–H and O–H groups in total. The second-order valence-electron chi connectivity index (χ2n) is 3.32. The zero-order valence-electron chi connectivity index (χ0n) is 7.50. The summed E-state index contributed by atoms with van der Waals surface area (Å²) in [6.07, 6.45) is 4.47. The highest BCUT2D eigenvalue weighted by Gasteiger charge is 2.20. The van der Waals surface area contributed by atoms with Crippen molar-refractivity contribution in [3.8, 4) is 0 Å². The summed E-state index contributed by atoms with van der Waals surface area (Å²) in [5.74, 6) is 0.415. The van der Waals surface area contributed by atoms with Crippen LogP contribution in [0.1, 0.15) is 26.7 Å². The lowest BCUT2D eigenvalue weighted by molar-refractivity contribution is -0.116. The molecule has 0 bridgehead atoms. The molecule has 0 heterocycles. The molecule has 0 saturated carbocycles. The van der Waals surface area contributed by atoms with E-state index in [9.17, 15) is 4.79 Å². The van der Waals surface area contributed by atoms with Crippen LogP contribution in [-0.4, -0.2) is 10.9 Å². The first-order chi connectivity index (χ1) is 5.65. The van der Waals surface area contributed by atoms with Crippen LogP contribution in [-0.2, 0) is 4.79 Å². The molecule has 0 amide bonds. The Morgan fingerprint density at radius 2 is 2.42 bits per heavy atom. The molecular formula is C10H14O2. The summed E-state index contributed by atoms with van der Waals surface area (Å²) in [5.41, 5.74) is 1.75. The van der Waals surface area contributed by atoms with E-state index in [0.29, 0.717) is 6.42 Å². The summed E-state index contributed by atoms with van der Waals surface area (Å²) in [5, 5.41) is 8.75. The maximum Gasteiger partial charge on any atom is 0.158 e. The van der Waals surface area contributed by atoms with Crippen molar-refractivity contribution in [3.63, 3.8) is 0 Å². The lowest BCUT2D eigenvalue weighted by atomic mass is 9.85. The van der Waals surface area contributed by atoms with Crippen LogP contribution in [0.4, 0.5) is 0 Å². The number of aliphatic hydroxyl groups is 1. The van der Waals surface area contributed by atoms with Crippen LogP contribution in [0.15, 0.2) is 23.5 Å². The van der Waals surface area contributed by atoms with E-state index in [0.717, 1.165) is 23.8 Å². The molecule has 0 saturated heterocycles. The summed E-state index contributed by atoms with van der Waals surface area (Å²) >= 11 is 0. The summed E-state index contributed by atoms with van der Waals surface area (Å²) in [6.45, 7) is 3.70. The lowest BCUT2D eigenvalue weighted by Crippen LogP contribution is -2.15. The number of aliphatic hydroxyl groups excluding tert-OH is 1. The molecule has 1 rings (SSSR count). The van der Waals surface area contributed by atoms with E-state index in [2.05, 4.69) is 0 Å². The topological polar surface area (TPSA) is 37.3 Å². The Bertz CT molecular complexity index is 249. The molecule has 0 radical (unpaired) electrons. The maximum atomic E-state index is 11.2. The standard InChI is InChI=1S/C10H14O2/c1-7-3-4-9(5-10(7)12)8(2)6-11/h3,6,9,11H,4-5H2,1-2H3/b8-6+. The molecule has 1 aliphatic rings. The Morgan fingerprint density at radius 3 is 2.92 bits per heavy atom. The lowest BCUT2D eigenvalue weighted by Gasteiger charge is -2.19. The molecule has 2 nitrogen and oxygen atoms in total. The van der Waals surface area contributed by atoms with Crippen LogP contribution in [0, 0.1) is 5.92 Å². The van der Waals surface area contributed by atoms with Gasteiger partial charge in [0.15, 0.2) is 5.78 Å². The van der Waals surface area contributed by atoms with Gasteiger partial charge in [-0.25, -0.2) is 0 Å². The normalized spacial score (nSPS) is 25.5. The zero-order chi connectivity index (χ0) is 9.14. The van der Waals surface area contributed by atoms with Crippen LogP contribution in [0.2, 0.25) is 0 Å². The highest BCUT2D eigenvalue weighted by molar-refractivity contribution is 5.95. The van der Waals surface area contributed by atoms with Gasteiger partial charge in [0.25, 0.3) is 0 Å². The first-order valence-corrected chi connectivity index (χ1v) is 4.16. The second-order valence-corrected chi connectivity index (χ2v) is 3.32. The first kappa shape index (κ1) is 9.04. The maximum absolute atomic E-state index is 11.2. The van der Waals surface area contributed by atoms with Crippen LogP contribution >= 0.6 is 0 Å². The SMILES string of the molecule is CC1=CCC(/C(C)=C/O)CC1=O. The van der Waals surface area contributed by atoms with Crippen molar-refractivity contribution in [2.24, 2.45) is 5.92 Å². The molecule has 0 fully saturated rings. The van der Waals surface area contributed by atoms with E-state index in [1.54, 1.807) is 0 Å². The van der Waals surface area contributed by atoms with E-state index in [1.165, 1.54) is 0 Å². The summed E-state index contributed by atoms with van der Waals surface area (Å²) < 4.78 is 0. The van der Waals surface area contributed by atoms with Crippen molar-refractivity contribution >= 4 is 5.78 Å². The van der Waals surface area contributed by atoms with Crippen LogP contribution in [0.5, 0.6) is 0 Å². The van der Waals surface area contributed by atoms with Crippen molar-refractivity contribution in [2.45, 2.75) is 26.7 Å². The molecule has 66 valence electrons. The Kier molecular flexibility index (Phi) is 2.69. The van der Waals surface area contributed by atoms with Gasteiger partial charge in [-0.15, -0.1) is 0 Å². The van der Waals surface area contributed by atoms with Crippen molar-refractivity contribution in [1.82, 2.24) is 0 Å². The molecule has 0 aromatic heterocycles. The molecule has 0 aliphatic heterocycles. The summed E-state index contributed by atoms with van der Waals surface area (Å²) in [6, 6.07) is 0. The van der Waals surface area contributed by atoms with Gasteiger partial charge in [-0.1, -0.05) is 6.08 Å². The predicted molar refractivity (Wildman–Crippen MR) is 47.9 cm³/mol. The molecule has 1 unspecified atom stereocenters. The van der Waals surface area contributed by atoms with E-state index in [-0.39, 0.29) is 11.7 Å². The molecule has 1 aliphatic carbocycles. The minimum Gasteiger partial charge on any atom is -0.516 e. The number of carbonyl (C=O) groups excluding carboxylic acids is 1. The second kappa shape index (κ2) is 3.57. The van der Waals surface area contributed by atoms with Crippen LogP contribution in [0.25, 0.3) is 0 Å². The monoisotopic (exact) mass is 166 g/mol. The summed E-state index contributed by atoms with van der Waals surface area (Å²) in [7, 11) is 0. The Labute approximate surface area is 72.6 Å². The fraction of sp³-hybridized carbons (Fsp3) is 0.500. The first-order valence-electron chi connectivity index (χ1n) is 4.16. The predicted octanol–water partition coefficient (Wildman–Crippen LogP) is 2.37. The molecule has 2 heteroatoms. The minimum atomic E-state index is 0.201. The number of ketones is 1. The van der Waals surface area contributed by atoms with Gasteiger partial charge in [-0.05, 0) is 37.3 Å². The van der Waals surface area contributed by atoms with Gasteiger partial charge >= 0.3 is 0 Å². The van der Waals surface area contributed by atoms with E-state index in [1.807, 2.05) is 19.9 Å². The van der Waals surface area contributed by atoms with E-state index in [4.69, 9.17) is 5.11 Å². The number of allylic oxidation sites excluding steroid dienone is 3. The Hall–Kier alpha value is -1.05. The van der Waals surface area contributed by atoms with Gasteiger partial charge in [0.2, 0.25) is 0 Å². The average Bonchev–Trinajstić information content (AvgIpc) is 2.08. The number of carbonyl (C=O) groups is 1. The van der Waals surface area contributed by atoms with Gasteiger partial charge in [-0.2, -0.15) is 0 Å². The fourth-order valence-corrected chi connectivity index (χ4v) is 1.35. The molecule has 0 aromatic rings. The highest BCUT2D eigenvalue weighted by atomic mass is 16.2. The molecule has 0 spiro atoms.